The van der Waals surface area contributed by atoms with Crippen molar-refractivity contribution in [3.63, 3.8) is 0 Å². The number of halogens is 9. The van der Waals surface area contributed by atoms with Crippen LogP contribution in [0.3, 0.4) is 0 Å². The molecule has 208 valence electrons. The first kappa shape index (κ1) is 33.4. The van der Waals surface area contributed by atoms with Gasteiger partial charge in [-0.3, -0.25) is 0 Å². The van der Waals surface area contributed by atoms with Crippen LogP contribution in [0.4, 0.5) is 39.5 Å². The number of rotatable bonds is 11. The quantitative estimate of drug-likeness (QED) is 0.230. The van der Waals surface area contributed by atoms with E-state index in [4.69, 9.17) is 14.2 Å². The van der Waals surface area contributed by atoms with Crippen LogP contribution in [0.5, 0.6) is 0 Å². The third kappa shape index (κ3) is 8.22. The van der Waals surface area contributed by atoms with Crippen LogP contribution in [0, 0.1) is 5.92 Å². The van der Waals surface area contributed by atoms with Crippen molar-refractivity contribution in [1.82, 2.24) is 0 Å². The molecular formula is C20H29F9O6. The molecule has 15 heteroatoms. The minimum atomic E-state index is -6.19. The predicted molar refractivity (Wildman–Crippen MR) is 103 cm³/mol. The van der Waals surface area contributed by atoms with Crippen molar-refractivity contribution in [2.24, 2.45) is 5.92 Å². The minimum absolute atomic E-state index is 0.135. The van der Waals surface area contributed by atoms with Gasteiger partial charge >= 0.3 is 24.5 Å². The molecule has 0 heterocycles. The van der Waals surface area contributed by atoms with E-state index in [1.807, 2.05) is 0 Å². The first-order valence-electron chi connectivity index (χ1n) is 9.88. The van der Waals surface area contributed by atoms with Gasteiger partial charge in [-0.2, -0.15) is 39.5 Å². The largest absolute Gasteiger partial charge is 0.462 e. The summed E-state index contributed by atoms with van der Waals surface area (Å²) < 4.78 is 132. The van der Waals surface area contributed by atoms with Crippen molar-refractivity contribution >= 4 is 5.97 Å². The molecule has 35 heavy (non-hydrogen) atoms. The molecule has 0 saturated heterocycles. The molecule has 0 fully saturated rings. The number of aliphatic hydroxyl groups is 2. The second kappa shape index (κ2) is 10.4. The topological polar surface area (TPSA) is 85.2 Å². The lowest BCUT2D eigenvalue weighted by Gasteiger charge is -2.45. The third-order valence-electron chi connectivity index (χ3n) is 5.33. The van der Waals surface area contributed by atoms with Crippen molar-refractivity contribution in [2.75, 3.05) is 19.8 Å². The summed E-state index contributed by atoms with van der Waals surface area (Å²) in [6.07, 6.45) is -17.5. The lowest BCUT2D eigenvalue weighted by molar-refractivity contribution is -0.384. The molecule has 0 rings (SSSR count). The molecule has 0 amide bonds. The van der Waals surface area contributed by atoms with E-state index in [1.165, 1.54) is 6.92 Å². The monoisotopic (exact) mass is 536 g/mol. The van der Waals surface area contributed by atoms with Gasteiger partial charge in [-0.1, -0.05) is 6.58 Å². The zero-order valence-corrected chi connectivity index (χ0v) is 19.8. The number of hydrogen-bond donors (Lipinski definition) is 2. The summed E-state index contributed by atoms with van der Waals surface area (Å²) in [5, 5.41) is 19.0. The molecule has 2 atom stereocenters. The minimum Gasteiger partial charge on any atom is -0.462 e. The van der Waals surface area contributed by atoms with Gasteiger partial charge in [0.2, 0.25) is 0 Å². The van der Waals surface area contributed by atoms with E-state index in [9.17, 15) is 54.5 Å². The van der Waals surface area contributed by atoms with E-state index in [2.05, 4.69) is 6.58 Å². The van der Waals surface area contributed by atoms with Crippen LogP contribution in [0.15, 0.2) is 12.2 Å². The lowest BCUT2D eigenvalue weighted by Crippen LogP contribution is -2.62. The molecule has 0 saturated carbocycles. The normalized spacial score (nSPS) is 17.1. The Labute approximate surface area is 196 Å². The van der Waals surface area contributed by atoms with Crippen molar-refractivity contribution in [1.29, 1.82) is 0 Å². The van der Waals surface area contributed by atoms with Gasteiger partial charge < -0.3 is 24.4 Å². The van der Waals surface area contributed by atoms with Crippen LogP contribution >= 0.6 is 0 Å². The molecule has 0 bridgehead atoms. The Hall–Kier alpha value is -1.58. The third-order valence-corrected chi connectivity index (χ3v) is 5.33. The fraction of sp³-hybridized carbons (Fsp3) is 0.850. The standard InChI is InChI=1S/C20H29F9O6/c1-11(2)13(30)33-8-12(14(3,4)34-9-16(7,31)18(21,22)23)15(5,6)35-10-17(32,19(24,25)26)20(27,28)29/h12,31-32H,1,8-10H2,2-7H3. The molecule has 0 aliphatic rings. The number of alkyl halides is 9. The average molecular weight is 536 g/mol. The van der Waals surface area contributed by atoms with Gasteiger partial charge in [0, 0.05) is 5.57 Å². The summed E-state index contributed by atoms with van der Waals surface area (Å²) in [5.74, 6) is -2.54. The van der Waals surface area contributed by atoms with Gasteiger partial charge in [-0.05, 0) is 41.5 Å². The van der Waals surface area contributed by atoms with E-state index in [0.29, 0.717) is 6.92 Å². The summed E-state index contributed by atoms with van der Waals surface area (Å²) in [4.78, 5) is 11.8. The van der Waals surface area contributed by atoms with Gasteiger partial charge in [-0.25, -0.2) is 4.79 Å². The van der Waals surface area contributed by atoms with Crippen molar-refractivity contribution in [2.45, 2.75) is 82.5 Å². The number of hydrogen-bond acceptors (Lipinski definition) is 6. The summed E-state index contributed by atoms with van der Waals surface area (Å²) in [7, 11) is 0. The van der Waals surface area contributed by atoms with E-state index in [0.717, 1.165) is 27.7 Å². The van der Waals surface area contributed by atoms with E-state index < -0.39 is 72.6 Å². The molecule has 6 nitrogen and oxygen atoms in total. The van der Waals surface area contributed by atoms with Crippen LogP contribution in [0.25, 0.3) is 0 Å². The SMILES string of the molecule is C=C(C)C(=O)OCC(C(C)(C)OCC(C)(O)C(F)(F)F)C(C)(C)OCC(O)(C(F)(F)F)C(F)(F)F. The van der Waals surface area contributed by atoms with Crippen LogP contribution < -0.4 is 0 Å². The lowest BCUT2D eigenvalue weighted by atomic mass is 9.78. The van der Waals surface area contributed by atoms with Gasteiger partial charge in [0.1, 0.15) is 0 Å². The number of carbonyl (C=O) groups excluding carboxylic acids is 1. The summed E-state index contributed by atoms with van der Waals surface area (Å²) in [6, 6.07) is 0. The Morgan fingerprint density at radius 2 is 1.14 bits per heavy atom. The van der Waals surface area contributed by atoms with Crippen LogP contribution in [-0.2, 0) is 19.0 Å². The van der Waals surface area contributed by atoms with E-state index >= 15 is 0 Å². The fourth-order valence-corrected chi connectivity index (χ4v) is 2.75. The molecule has 2 N–H and O–H groups in total. The summed E-state index contributed by atoms with van der Waals surface area (Å²) in [5.41, 5.74) is -12.8. The molecule has 0 aliphatic carbocycles. The summed E-state index contributed by atoms with van der Waals surface area (Å²) in [6.45, 7) is 4.50. The zero-order chi connectivity index (χ0) is 28.5. The van der Waals surface area contributed by atoms with Gasteiger partial charge in [-0.15, -0.1) is 0 Å². The van der Waals surface area contributed by atoms with E-state index in [1.54, 1.807) is 0 Å². The summed E-state index contributed by atoms with van der Waals surface area (Å²) >= 11 is 0. The van der Waals surface area contributed by atoms with Crippen LogP contribution in [-0.4, -0.2) is 76.9 Å². The Bertz CT molecular complexity index is 738. The highest BCUT2D eigenvalue weighted by Crippen LogP contribution is 2.45. The van der Waals surface area contributed by atoms with Crippen molar-refractivity contribution in [3.8, 4) is 0 Å². The number of carbonyl (C=O) groups is 1. The van der Waals surface area contributed by atoms with Crippen molar-refractivity contribution in [3.05, 3.63) is 12.2 Å². The maximum Gasteiger partial charge on any atom is 0.428 e. The molecular weight excluding hydrogens is 507 g/mol. The Morgan fingerprint density at radius 3 is 1.46 bits per heavy atom. The Morgan fingerprint density at radius 1 is 0.771 bits per heavy atom. The van der Waals surface area contributed by atoms with E-state index in [-0.39, 0.29) is 5.57 Å². The molecule has 0 aromatic rings. The highest BCUT2D eigenvalue weighted by molar-refractivity contribution is 5.86. The molecule has 0 aliphatic heterocycles. The second-order valence-electron chi connectivity index (χ2n) is 9.34. The number of esters is 1. The highest BCUT2D eigenvalue weighted by Gasteiger charge is 2.71. The maximum absolute atomic E-state index is 13.0. The van der Waals surface area contributed by atoms with Crippen molar-refractivity contribution < 1.29 is 68.7 Å². The molecule has 0 aromatic carbocycles. The van der Waals surface area contributed by atoms with Crippen LogP contribution in [0.2, 0.25) is 0 Å². The maximum atomic E-state index is 13.0. The van der Waals surface area contributed by atoms with Gasteiger partial charge in [0.15, 0.2) is 5.60 Å². The Balaban J connectivity index is 6.13. The van der Waals surface area contributed by atoms with Gasteiger partial charge in [0.05, 0.1) is 36.9 Å². The van der Waals surface area contributed by atoms with Gasteiger partial charge in [0.25, 0.3) is 5.60 Å². The fourth-order valence-electron chi connectivity index (χ4n) is 2.75. The molecule has 0 radical (unpaired) electrons. The first-order valence-corrected chi connectivity index (χ1v) is 9.88. The molecule has 0 spiro atoms. The smallest absolute Gasteiger partial charge is 0.428 e. The zero-order valence-electron chi connectivity index (χ0n) is 19.8. The van der Waals surface area contributed by atoms with Crippen LogP contribution in [0.1, 0.15) is 41.5 Å². The first-order chi connectivity index (χ1) is 15.1. The predicted octanol–water partition coefficient (Wildman–Crippen LogP) is 4.48. The Kier molecular flexibility index (Phi) is 9.95. The molecule has 2 unspecified atom stereocenters. The highest BCUT2D eigenvalue weighted by atomic mass is 19.4. The average Bonchev–Trinajstić information content (AvgIpc) is 2.61. The second-order valence-corrected chi connectivity index (χ2v) is 9.34. The molecule has 0 aromatic heterocycles. The number of ether oxygens (including phenoxy) is 3.